The van der Waals surface area contributed by atoms with E-state index in [0.717, 1.165) is 13.1 Å². The summed E-state index contributed by atoms with van der Waals surface area (Å²) in [6, 6.07) is 7.26. The molecule has 3 nitrogen and oxygen atoms in total. The lowest BCUT2D eigenvalue weighted by molar-refractivity contribution is 0.258. The van der Waals surface area contributed by atoms with E-state index in [4.69, 9.17) is 5.73 Å². The van der Waals surface area contributed by atoms with Crippen molar-refractivity contribution in [1.29, 1.82) is 0 Å². The number of piperidine rings is 1. The Hall–Kier alpha value is -1.06. The van der Waals surface area contributed by atoms with Gasteiger partial charge < -0.3 is 15.5 Å². The van der Waals surface area contributed by atoms with Crippen LogP contribution in [0.3, 0.4) is 0 Å². The van der Waals surface area contributed by atoms with Crippen LogP contribution in [0.2, 0.25) is 0 Å². The lowest BCUT2D eigenvalue weighted by Crippen LogP contribution is -2.45. The predicted octanol–water partition coefficient (Wildman–Crippen LogP) is 1.98. The zero-order valence-corrected chi connectivity index (χ0v) is 11.8. The Kier molecular flexibility index (Phi) is 4.25. The van der Waals surface area contributed by atoms with Crippen molar-refractivity contribution in [2.75, 3.05) is 32.1 Å². The summed E-state index contributed by atoms with van der Waals surface area (Å²) in [7, 11) is 4.35. The van der Waals surface area contributed by atoms with Gasteiger partial charge in [0.05, 0.1) is 0 Å². The molecule has 3 heteroatoms. The number of hydrogen-bond acceptors (Lipinski definition) is 3. The van der Waals surface area contributed by atoms with Crippen LogP contribution in [0.4, 0.5) is 5.69 Å². The van der Waals surface area contributed by atoms with Crippen molar-refractivity contribution in [2.45, 2.75) is 32.4 Å². The largest absolute Gasteiger partial charge is 0.370 e. The molecule has 0 radical (unpaired) electrons. The number of anilines is 1. The van der Waals surface area contributed by atoms with Gasteiger partial charge in [-0.1, -0.05) is 12.1 Å². The SMILES string of the molecule is Cc1ccc(CN)c(N2CCCC(N(C)C)C2)c1. The molecular formula is C15H25N3. The topological polar surface area (TPSA) is 32.5 Å². The van der Waals surface area contributed by atoms with Crippen molar-refractivity contribution in [3.63, 3.8) is 0 Å². The molecule has 0 aromatic heterocycles. The van der Waals surface area contributed by atoms with Crippen molar-refractivity contribution < 1.29 is 0 Å². The Morgan fingerprint density at radius 1 is 1.39 bits per heavy atom. The zero-order chi connectivity index (χ0) is 13.1. The number of nitrogens with two attached hydrogens (primary N) is 1. The van der Waals surface area contributed by atoms with Gasteiger partial charge in [-0.2, -0.15) is 0 Å². The highest BCUT2D eigenvalue weighted by atomic mass is 15.2. The van der Waals surface area contributed by atoms with Gasteiger partial charge >= 0.3 is 0 Å². The van der Waals surface area contributed by atoms with E-state index in [0.29, 0.717) is 12.6 Å². The molecule has 1 unspecified atom stereocenters. The van der Waals surface area contributed by atoms with Gasteiger partial charge in [0.2, 0.25) is 0 Å². The van der Waals surface area contributed by atoms with Gasteiger partial charge in [0, 0.05) is 31.4 Å². The van der Waals surface area contributed by atoms with E-state index in [2.05, 4.69) is 49.0 Å². The minimum Gasteiger partial charge on any atom is -0.370 e. The number of hydrogen-bond donors (Lipinski definition) is 1. The van der Waals surface area contributed by atoms with E-state index >= 15 is 0 Å². The maximum atomic E-state index is 5.86. The van der Waals surface area contributed by atoms with Crippen molar-refractivity contribution in [3.05, 3.63) is 29.3 Å². The molecule has 1 saturated heterocycles. The molecule has 1 atom stereocenters. The Labute approximate surface area is 111 Å². The van der Waals surface area contributed by atoms with Crippen LogP contribution in [0.15, 0.2) is 18.2 Å². The van der Waals surface area contributed by atoms with Gasteiger partial charge in [-0.3, -0.25) is 0 Å². The van der Waals surface area contributed by atoms with Crippen molar-refractivity contribution in [3.8, 4) is 0 Å². The van der Waals surface area contributed by atoms with Crippen LogP contribution in [-0.2, 0) is 6.54 Å². The zero-order valence-electron chi connectivity index (χ0n) is 11.8. The number of nitrogens with zero attached hydrogens (tertiary/aromatic N) is 2. The van der Waals surface area contributed by atoms with Gasteiger partial charge in [-0.05, 0) is 51.1 Å². The van der Waals surface area contributed by atoms with Crippen LogP contribution in [0.5, 0.6) is 0 Å². The Morgan fingerprint density at radius 3 is 2.83 bits per heavy atom. The monoisotopic (exact) mass is 247 g/mol. The molecule has 0 saturated carbocycles. The second kappa shape index (κ2) is 5.72. The van der Waals surface area contributed by atoms with E-state index in [1.807, 2.05) is 0 Å². The molecule has 100 valence electrons. The molecular weight excluding hydrogens is 222 g/mol. The molecule has 0 aliphatic carbocycles. The molecule has 2 N–H and O–H groups in total. The van der Waals surface area contributed by atoms with Crippen LogP contribution in [0.25, 0.3) is 0 Å². The smallest absolute Gasteiger partial charge is 0.0414 e. The summed E-state index contributed by atoms with van der Waals surface area (Å²) in [5, 5.41) is 0. The summed E-state index contributed by atoms with van der Waals surface area (Å²) in [5.41, 5.74) is 9.78. The van der Waals surface area contributed by atoms with Gasteiger partial charge in [-0.15, -0.1) is 0 Å². The third-order valence-corrected chi connectivity index (χ3v) is 3.93. The first kappa shape index (κ1) is 13.4. The lowest BCUT2D eigenvalue weighted by atomic mass is 10.0. The minimum absolute atomic E-state index is 0.624. The third-order valence-electron chi connectivity index (χ3n) is 3.93. The molecule has 1 aromatic rings. The van der Waals surface area contributed by atoms with Gasteiger partial charge in [0.1, 0.15) is 0 Å². The van der Waals surface area contributed by atoms with Crippen LogP contribution in [-0.4, -0.2) is 38.1 Å². The summed E-state index contributed by atoms with van der Waals surface area (Å²) in [6.07, 6.45) is 2.56. The Morgan fingerprint density at radius 2 is 2.17 bits per heavy atom. The van der Waals surface area contributed by atoms with E-state index in [9.17, 15) is 0 Å². The van der Waals surface area contributed by atoms with Crippen LogP contribution >= 0.6 is 0 Å². The standard InChI is InChI=1S/C15H25N3/c1-12-6-7-13(10-16)15(9-12)18-8-4-5-14(11-18)17(2)3/h6-7,9,14H,4-5,8,10-11,16H2,1-3H3. The van der Waals surface area contributed by atoms with Crippen LogP contribution in [0.1, 0.15) is 24.0 Å². The molecule has 2 rings (SSSR count). The predicted molar refractivity (Wildman–Crippen MR) is 78.0 cm³/mol. The molecule has 18 heavy (non-hydrogen) atoms. The van der Waals surface area contributed by atoms with E-state index < -0.39 is 0 Å². The highest BCUT2D eigenvalue weighted by Crippen LogP contribution is 2.26. The molecule has 1 aliphatic rings. The van der Waals surface area contributed by atoms with Gasteiger partial charge in [0.25, 0.3) is 0 Å². The molecule has 0 bridgehead atoms. The summed E-state index contributed by atoms with van der Waals surface area (Å²) in [6.45, 7) is 5.04. The molecule has 1 heterocycles. The normalized spacial score (nSPS) is 20.5. The van der Waals surface area contributed by atoms with Crippen molar-refractivity contribution in [1.82, 2.24) is 4.90 Å². The first-order chi connectivity index (χ1) is 8.61. The maximum absolute atomic E-state index is 5.86. The fraction of sp³-hybridized carbons (Fsp3) is 0.600. The van der Waals surface area contributed by atoms with E-state index in [-0.39, 0.29) is 0 Å². The van der Waals surface area contributed by atoms with Gasteiger partial charge in [0.15, 0.2) is 0 Å². The van der Waals surface area contributed by atoms with Crippen LogP contribution in [0, 0.1) is 6.92 Å². The average Bonchev–Trinajstić information content (AvgIpc) is 2.39. The Bertz CT molecular complexity index is 401. The Balaban J connectivity index is 2.22. The molecule has 0 spiro atoms. The minimum atomic E-state index is 0.624. The molecule has 1 aliphatic heterocycles. The highest BCUT2D eigenvalue weighted by Gasteiger charge is 2.22. The second-order valence-corrected chi connectivity index (χ2v) is 5.54. The van der Waals surface area contributed by atoms with Crippen LogP contribution < -0.4 is 10.6 Å². The highest BCUT2D eigenvalue weighted by molar-refractivity contribution is 5.56. The summed E-state index contributed by atoms with van der Waals surface area (Å²) in [5.74, 6) is 0. The fourth-order valence-electron chi connectivity index (χ4n) is 2.74. The molecule has 1 aromatic carbocycles. The maximum Gasteiger partial charge on any atom is 0.0414 e. The quantitative estimate of drug-likeness (QED) is 0.886. The number of benzene rings is 1. The number of aryl methyl sites for hydroxylation is 1. The second-order valence-electron chi connectivity index (χ2n) is 5.54. The molecule has 1 fully saturated rings. The summed E-state index contributed by atoms with van der Waals surface area (Å²) >= 11 is 0. The first-order valence-corrected chi connectivity index (χ1v) is 6.83. The van der Waals surface area contributed by atoms with Crippen molar-refractivity contribution >= 4 is 5.69 Å². The van der Waals surface area contributed by atoms with E-state index in [1.165, 1.54) is 29.7 Å². The van der Waals surface area contributed by atoms with Crippen molar-refractivity contribution in [2.24, 2.45) is 5.73 Å². The molecule has 0 amide bonds. The van der Waals surface area contributed by atoms with Gasteiger partial charge in [-0.25, -0.2) is 0 Å². The average molecular weight is 247 g/mol. The first-order valence-electron chi connectivity index (χ1n) is 6.83. The summed E-state index contributed by atoms with van der Waals surface area (Å²) in [4.78, 5) is 4.84. The number of rotatable bonds is 3. The van der Waals surface area contributed by atoms with E-state index in [1.54, 1.807) is 0 Å². The number of likely N-dealkylation sites (N-methyl/N-ethyl adjacent to an activating group) is 1. The lowest BCUT2D eigenvalue weighted by Gasteiger charge is -2.38. The summed E-state index contributed by atoms with van der Waals surface area (Å²) < 4.78 is 0. The fourth-order valence-corrected chi connectivity index (χ4v) is 2.74. The third kappa shape index (κ3) is 2.85.